The molecule has 1 aromatic carbocycles. The lowest BCUT2D eigenvalue weighted by Gasteiger charge is -2.18. The number of aliphatic imine (C=N–C) groups is 1. The van der Waals surface area contributed by atoms with Crippen molar-refractivity contribution in [1.29, 1.82) is 0 Å². The standard InChI is InChI=1S/C20H32N6O/c1-21-20(23-13-16-25(2)14-5-17-27-3)22-12-10-18-6-8-19(9-7-18)26-15-4-11-24-26/h4,6-9,11,15H,5,10,12-14,16-17H2,1-3H3,(H2,21,22,23). The van der Waals surface area contributed by atoms with Gasteiger partial charge < -0.3 is 20.3 Å². The molecule has 0 aliphatic rings. The number of rotatable bonds is 11. The Hall–Kier alpha value is -2.38. The zero-order chi connectivity index (χ0) is 19.3. The SMILES string of the molecule is CN=C(NCCc1ccc(-n2cccn2)cc1)NCCN(C)CCCOC. The summed E-state index contributed by atoms with van der Waals surface area (Å²) in [5, 5.41) is 11.0. The van der Waals surface area contributed by atoms with E-state index in [0.29, 0.717) is 0 Å². The first-order valence-corrected chi connectivity index (χ1v) is 9.44. The molecular formula is C20H32N6O. The minimum atomic E-state index is 0.809. The Morgan fingerprint density at radius 1 is 1.19 bits per heavy atom. The first kappa shape index (κ1) is 20.9. The number of nitrogens with one attached hydrogen (secondary N) is 2. The third-order valence-electron chi connectivity index (χ3n) is 4.31. The predicted molar refractivity (Wildman–Crippen MR) is 111 cm³/mol. The molecule has 7 nitrogen and oxygen atoms in total. The first-order chi connectivity index (χ1) is 13.2. The van der Waals surface area contributed by atoms with E-state index in [9.17, 15) is 0 Å². The first-order valence-electron chi connectivity index (χ1n) is 9.44. The molecule has 0 bridgehead atoms. The number of hydrogen-bond acceptors (Lipinski definition) is 4. The maximum atomic E-state index is 5.08. The molecule has 148 valence electrons. The van der Waals surface area contributed by atoms with E-state index in [1.807, 2.05) is 16.9 Å². The van der Waals surface area contributed by atoms with Crippen LogP contribution in [-0.4, -0.2) is 74.6 Å². The lowest BCUT2D eigenvalue weighted by atomic mass is 10.1. The van der Waals surface area contributed by atoms with Crippen LogP contribution in [0.1, 0.15) is 12.0 Å². The zero-order valence-electron chi connectivity index (χ0n) is 16.7. The fraction of sp³-hybridized carbons (Fsp3) is 0.500. The van der Waals surface area contributed by atoms with Crippen LogP contribution in [0.4, 0.5) is 0 Å². The molecule has 0 aliphatic carbocycles. The van der Waals surface area contributed by atoms with Gasteiger partial charge in [0.05, 0.1) is 5.69 Å². The van der Waals surface area contributed by atoms with E-state index in [0.717, 1.165) is 57.3 Å². The summed E-state index contributed by atoms with van der Waals surface area (Å²) in [4.78, 5) is 6.58. The van der Waals surface area contributed by atoms with Gasteiger partial charge in [-0.05, 0) is 43.7 Å². The number of likely N-dealkylation sites (N-methyl/N-ethyl adjacent to an activating group) is 1. The number of methoxy groups -OCH3 is 1. The van der Waals surface area contributed by atoms with Gasteiger partial charge in [-0.3, -0.25) is 4.99 Å². The molecule has 0 amide bonds. The molecule has 0 radical (unpaired) electrons. The highest BCUT2D eigenvalue weighted by atomic mass is 16.5. The van der Waals surface area contributed by atoms with Gasteiger partial charge in [0.2, 0.25) is 0 Å². The minimum absolute atomic E-state index is 0.809. The smallest absolute Gasteiger partial charge is 0.191 e. The molecule has 0 aliphatic heterocycles. The van der Waals surface area contributed by atoms with E-state index in [1.165, 1.54) is 5.56 Å². The highest BCUT2D eigenvalue weighted by molar-refractivity contribution is 5.79. The largest absolute Gasteiger partial charge is 0.385 e. The summed E-state index contributed by atoms with van der Waals surface area (Å²) >= 11 is 0. The van der Waals surface area contributed by atoms with E-state index < -0.39 is 0 Å². The van der Waals surface area contributed by atoms with Crippen molar-refractivity contribution in [3.05, 3.63) is 48.3 Å². The van der Waals surface area contributed by atoms with Crippen LogP contribution in [0.25, 0.3) is 5.69 Å². The topological polar surface area (TPSA) is 66.7 Å². The monoisotopic (exact) mass is 372 g/mol. The van der Waals surface area contributed by atoms with Crippen LogP contribution in [0.2, 0.25) is 0 Å². The Labute approximate surface area is 162 Å². The van der Waals surface area contributed by atoms with Crippen molar-refractivity contribution in [2.75, 3.05) is 54.0 Å². The third kappa shape index (κ3) is 7.80. The summed E-state index contributed by atoms with van der Waals surface area (Å²) < 4.78 is 6.94. The van der Waals surface area contributed by atoms with Gasteiger partial charge in [0, 0.05) is 59.3 Å². The van der Waals surface area contributed by atoms with Gasteiger partial charge in [0.15, 0.2) is 5.96 Å². The molecule has 1 heterocycles. The summed E-state index contributed by atoms with van der Waals surface area (Å²) in [6.45, 7) is 4.52. The molecule has 0 saturated carbocycles. The highest BCUT2D eigenvalue weighted by Gasteiger charge is 2.01. The minimum Gasteiger partial charge on any atom is -0.385 e. The lowest BCUT2D eigenvalue weighted by molar-refractivity contribution is 0.180. The summed E-state index contributed by atoms with van der Waals surface area (Å²) in [6, 6.07) is 10.4. The van der Waals surface area contributed by atoms with Crippen LogP contribution in [0.15, 0.2) is 47.7 Å². The molecule has 0 unspecified atom stereocenters. The van der Waals surface area contributed by atoms with E-state index in [1.54, 1.807) is 20.4 Å². The van der Waals surface area contributed by atoms with Crippen molar-refractivity contribution in [1.82, 2.24) is 25.3 Å². The summed E-state index contributed by atoms with van der Waals surface area (Å²) in [5.74, 6) is 0.841. The quantitative estimate of drug-likeness (QED) is 0.356. The van der Waals surface area contributed by atoms with Crippen LogP contribution < -0.4 is 10.6 Å². The van der Waals surface area contributed by atoms with Gasteiger partial charge in [-0.25, -0.2) is 4.68 Å². The number of guanidine groups is 1. The average Bonchev–Trinajstić information content (AvgIpc) is 3.22. The molecule has 7 heteroatoms. The average molecular weight is 373 g/mol. The van der Waals surface area contributed by atoms with Gasteiger partial charge >= 0.3 is 0 Å². The second-order valence-corrected chi connectivity index (χ2v) is 6.44. The summed E-state index contributed by atoms with van der Waals surface area (Å²) in [5.41, 5.74) is 2.36. The Kier molecular flexibility index (Phi) is 9.37. The number of hydrogen-bond donors (Lipinski definition) is 2. The van der Waals surface area contributed by atoms with Crippen molar-refractivity contribution in [2.45, 2.75) is 12.8 Å². The van der Waals surface area contributed by atoms with Crippen LogP contribution in [0.3, 0.4) is 0 Å². The van der Waals surface area contributed by atoms with E-state index >= 15 is 0 Å². The summed E-state index contributed by atoms with van der Waals surface area (Å²) in [7, 11) is 5.67. The number of aromatic nitrogens is 2. The van der Waals surface area contributed by atoms with Crippen molar-refractivity contribution in [3.8, 4) is 5.69 Å². The predicted octanol–water partition coefficient (Wildman–Crippen LogP) is 1.55. The Morgan fingerprint density at radius 3 is 2.63 bits per heavy atom. The van der Waals surface area contributed by atoms with Gasteiger partial charge in [-0.1, -0.05) is 12.1 Å². The van der Waals surface area contributed by atoms with Crippen molar-refractivity contribution >= 4 is 5.96 Å². The fourth-order valence-electron chi connectivity index (χ4n) is 2.74. The maximum Gasteiger partial charge on any atom is 0.191 e. The number of ether oxygens (including phenoxy) is 1. The molecule has 0 saturated heterocycles. The third-order valence-corrected chi connectivity index (χ3v) is 4.31. The molecule has 0 fully saturated rings. The van der Waals surface area contributed by atoms with Gasteiger partial charge in [-0.2, -0.15) is 5.10 Å². The molecule has 0 atom stereocenters. The lowest BCUT2D eigenvalue weighted by Crippen LogP contribution is -2.41. The molecule has 0 spiro atoms. The molecular weight excluding hydrogens is 340 g/mol. The van der Waals surface area contributed by atoms with Crippen molar-refractivity contribution in [3.63, 3.8) is 0 Å². The highest BCUT2D eigenvalue weighted by Crippen LogP contribution is 2.08. The molecule has 2 N–H and O–H groups in total. The molecule has 2 aromatic rings. The van der Waals surface area contributed by atoms with Gasteiger partial charge in [-0.15, -0.1) is 0 Å². The Morgan fingerprint density at radius 2 is 1.96 bits per heavy atom. The Bertz CT molecular complexity index is 654. The van der Waals surface area contributed by atoms with Gasteiger partial charge in [0.1, 0.15) is 0 Å². The number of benzene rings is 1. The second-order valence-electron chi connectivity index (χ2n) is 6.44. The number of nitrogens with zero attached hydrogens (tertiary/aromatic N) is 4. The molecule has 27 heavy (non-hydrogen) atoms. The van der Waals surface area contributed by atoms with Crippen LogP contribution in [0.5, 0.6) is 0 Å². The van der Waals surface area contributed by atoms with Crippen LogP contribution in [0, 0.1) is 0 Å². The van der Waals surface area contributed by atoms with E-state index in [-0.39, 0.29) is 0 Å². The Balaban J connectivity index is 1.64. The van der Waals surface area contributed by atoms with Gasteiger partial charge in [0.25, 0.3) is 0 Å². The van der Waals surface area contributed by atoms with Crippen molar-refractivity contribution in [2.24, 2.45) is 4.99 Å². The van der Waals surface area contributed by atoms with E-state index in [4.69, 9.17) is 4.74 Å². The summed E-state index contributed by atoms with van der Waals surface area (Å²) in [6.07, 6.45) is 5.73. The molecule has 2 rings (SSSR count). The van der Waals surface area contributed by atoms with Crippen LogP contribution >= 0.6 is 0 Å². The second kappa shape index (κ2) is 12.1. The maximum absolute atomic E-state index is 5.08. The normalized spacial score (nSPS) is 11.8. The zero-order valence-corrected chi connectivity index (χ0v) is 16.7. The molecule has 1 aromatic heterocycles. The van der Waals surface area contributed by atoms with Crippen molar-refractivity contribution < 1.29 is 4.74 Å². The van der Waals surface area contributed by atoms with Crippen LogP contribution in [-0.2, 0) is 11.2 Å². The van der Waals surface area contributed by atoms with E-state index in [2.05, 4.69) is 56.9 Å². The fourth-order valence-corrected chi connectivity index (χ4v) is 2.74.